The van der Waals surface area contributed by atoms with Gasteiger partial charge in [0.15, 0.2) is 5.69 Å². The van der Waals surface area contributed by atoms with Crippen LogP contribution in [0.1, 0.15) is 40.2 Å². The van der Waals surface area contributed by atoms with Crippen LogP contribution in [-0.4, -0.2) is 58.6 Å². The van der Waals surface area contributed by atoms with Crippen LogP contribution in [0.3, 0.4) is 0 Å². The summed E-state index contributed by atoms with van der Waals surface area (Å²) in [5.74, 6) is 0.818. The Bertz CT molecular complexity index is 837. The lowest BCUT2D eigenvalue weighted by molar-refractivity contribution is -0.131. The normalized spacial score (nSPS) is 16.3. The van der Waals surface area contributed by atoms with Crippen molar-refractivity contribution in [1.82, 2.24) is 20.0 Å². The van der Waals surface area contributed by atoms with E-state index in [1.165, 1.54) is 0 Å². The molecular weight excluding hydrogens is 344 g/mol. The standard InChI is InChI=1S/C20H24N4O3/c1-27-15-6-4-14(5-7-15)12-18(25)24-11-8-17-16(13-24)19(22-21-17)20(26)23-9-2-3-10-23/h4-7H,2-3,8-13H2,1H3,(H,21,22). The van der Waals surface area contributed by atoms with E-state index in [4.69, 9.17) is 4.74 Å². The van der Waals surface area contributed by atoms with Crippen LogP contribution >= 0.6 is 0 Å². The first-order valence-electron chi connectivity index (χ1n) is 9.42. The number of aromatic amines is 1. The first kappa shape index (κ1) is 17.6. The molecule has 7 heteroatoms. The summed E-state index contributed by atoms with van der Waals surface area (Å²) in [5, 5.41) is 7.27. The number of methoxy groups -OCH3 is 1. The molecule has 2 aliphatic heterocycles. The molecule has 0 unspecified atom stereocenters. The fraction of sp³-hybridized carbons (Fsp3) is 0.450. The zero-order chi connectivity index (χ0) is 18.8. The molecule has 1 N–H and O–H groups in total. The Morgan fingerprint density at radius 2 is 1.85 bits per heavy atom. The highest BCUT2D eigenvalue weighted by Gasteiger charge is 2.30. The molecule has 1 aromatic heterocycles. The van der Waals surface area contributed by atoms with Gasteiger partial charge in [0, 0.05) is 43.9 Å². The molecular formula is C20H24N4O3. The van der Waals surface area contributed by atoms with Crippen LogP contribution in [0, 0.1) is 0 Å². The largest absolute Gasteiger partial charge is 0.497 e. The number of carbonyl (C=O) groups is 2. The molecule has 4 rings (SSSR count). The molecule has 0 bridgehead atoms. The van der Waals surface area contributed by atoms with Gasteiger partial charge >= 0.3 is 0 Å². The number of H-pyrrole nitrogens is 1. The van der Waals surface area contributed by atoms with E-state index in [1.54, 1.807) is 7.11 Å². The van der Waals surface area contributed by atoms with Crippen LogP contribution in [0.5, 0.6) is 5.75 Å². The minimum absolute atomic E-state index is 0.0190. The average molecular weight is 368 g/mol. The number of likely N-dealkylation sites (tertiary alicyclic amines) is 1. The lowest BCUT2D eigenvalue weighted by Gasteiger charge is -2.27. The van der Waals surface area contributed by atoms with Gasteiger partial charge in [-0.05, 0) is 30.5 Å². The molecule has 0 saturated carbocycles. The van der Waals surface area contributed by atoms with E-state index in [0.717, 1.165) is 48.5 Å². The monoisotopic (exact) mass is 368 g/mol. The average Bonchev–Trinajstić information content (AvgIpc) is 3.37. The summed E-state index contributed by atoms with van der Waals surface area (Å²) in [4.78, 5) is 29.2. The third-order valence-corrected chi connectivity index (χ3v) is 5.40. The fourth-order valence-corrected chi connectivity index (χ4v) is 3.78. The first-order valence-corrected chi connectivity index (χ1v) is 9.42. The maximum Gasteiger partial charge on any atom is 0.274 e. The maximum absolute atomic E-state index is 12.8. The lowest BCUT2D eigenvalue weighted by Crippen LogP contribution is -2.38. The summed E-state index contributed by atoms with van der Waals surface area (Å²) in [6.07, 6.45) is 3.13. The molecule has 2 amide bonds. The van der Waals surface area contributed by atoms with Gasteiger partial charge in [0.05, 0.1) is 13.5 Å². The van der Waals surface area contributed by atoms with E-state index in [0.29, 0.717) is 31.6 Å². The Hall–Kier alpha value is -2.83. The summed E-state index contributed by atoms with van der Waals surface area (Å²) in [6.45, 7) is 2.67. The molecule has 0 atom stereocenters. The molecule has 2 aromatic rings. The number of carbonyl (C=O) groups excluding carboxylic acids is 2. The first-order chi connectivity index (χ1) is 13.2. The Kier molecular flexibility index (Phi) is 4.83. The summed E-state index contributed by atoms with van der Waals surface area (Å²) in [6, 6.07) is 7.54. The second kappa shape index (κ2) is 7.42. The van der Waals surface area contributed by atoms with Crippen LogP contribution < -0.4 is 4.74 Å². The van der Waals surface area contributed by atoms with Gasteiger partial charge in [-0.2, -0.15) is 5.10 Å². The van der Waals surface area contributed by atoms with Gasteiger partial charge in [0.25, 0.3) is 5.91 Å². The number of benzene rings is 1. The maximum atomic E-state index is 12.8. The van der Waals surface area contributed by atoms with Gasteiger partial charge in [-0.15, -0.1) is 0 Å². The number of nitrogens with zero attached hydrogens (tertiary/aromatic N) is 3. The molecule has 1 fully saturated rings. The Balaban J connectivity index is 1.46. The van der Waals surface area contributed by atoms with E-state index in [2.05, 4.69) is 10.2 Å². The number of nitrogens with one attached hydrogen (secondary N) is 1. The van der Waals surface area contributed by atoms with Crippen molar-refractivity contribution in [1.29, 1.82) is 0 Å². The fourth-order valence-electron chi connectivity index (χ4n) is 3.78. The zero-order valence-electron chi connectivity index (χ0n) is 15.5. The molecule has 0 spiro atoms. The Morgan fingerprint density at radius 1 is 1.11 bits per heavy atom. The number of hydrogen-bond acceptors (Lipinski definition) is 4. The summed E-state index contributed by atoms with van der Waals surface area (Å²) >= 11 is 0. The second-order valence-corrected chi connectivity index (χ2v) is 7.12. The molecule has 142 valence electrons. The van der Waals surface area contributed by atoms with Crippen molar-refractivity contribution in [2.24, 2.45) is 0 Å². The summed E-state index contributed by atoms with van der Waals surface area (Å²) in [5.41, 5.74) is 3.29. The topological polar surface area (TPSA) is 78.5 Å². The Labute approximate surface area is 158 Å². The van der Waals surface area contributed by atoms with Crippen LogP contribution in [0.2, 0.25) is 0 Å². The Morgan fingerprint density at radius 3 is 2.56 bits per heavy atom. The molecule has 0 aliphatic carbocycles. The van der Waals surface area contributed by atoms with Crippen molar-refractivity contribution < 1.29 is 14.3 Å². The number of aromatic nitrogens is 2. The van der Waals surface area contributed by atoms with Crippen molar-refractivity contribution >= 4 is 11.8 Å². The van der Waals surface area contributed by atoms with Gasteiger partial charge in [-0.3, -0.25) is 14.7 Å². The SMILES string of the molecule is COc1ccc(CC(=O)N2CCc3[nH]nc(C(=O)N4CCCC4)c3C2)cc1. The van der Waals surface area contributed by atoms with Crippen molar-refractivity contribution in [3.05, 3.63) is 46.8 Å². The number of fused-ring (bicyclic) bond motifs is 1. The predicted octanol–water partition coefficient (Wildman–Crippen LogP) is 1.78. The number of rotatable bonds is 4. The van der Waals surface area contributed by atoms with Gasteiger partial charge in [-0.25, -0.2) is 0 Å². The van der Waals surface area contributed by atoms with Gasteiger partial charge in [0.1, 0.15) is 5.75 Å². The lowest BCUT2D eigenvalue weighted by atomic mass is 10.0. The van der Waals surface area contributed by atoms with Crippen LogP contribution in [0.25, 0.3) is 0 Å². The van der Waals surface area contributed by atoms with Crippen molar-refractivity contribution in [2.45, 2.75) is 32.2 Å². The van der Waals surface area contributed by atoms with Gasteiger partial charge in [0.2, 0.25) is 5.91 Å². The highest BCUT2D eigenvalue weighted by Crippen LogP contribution is 2.23. The zero-order valence-corrected chi connectivity index (χ0v) is 15.5. The van der Waals surface area contributed by atoms with Crippen LogP contribution in [0.15, 0.2) is 24.3 Å². The number of hydrogen-bond donors (Lipinski definition) is 1. The van der Waals surface area contributed by atoms with Crippen LogP contribution in [-0.2, 0) is 24.2 Å². The molecule has 7 nitrogen and oxygen atoms in total. The molecule has 1 aromatic carbocycles. The highest BCUT2D eigenvalue weighted by atomic mass is 16.5. The van der Waals surface area contributed by atoms with Crippen molar-refractivity contribution in [3.63, 3.8) is 0 Å². The van der Waals surface area contributed by atoms with E-state index in [9.17, 15) is 9.59 Å². The second-order valence-electron chi connectivity index (χ2n) is 7.12. The smallest absolute Gasteiger partial charge is 0.274 e. The highest BCUT2D eigenvalue weighted by molar-refractivity contribution is 5.94. The third-order valence-electron chi connectivity index (χ3n) is 5.40. The number of amides is 2. The molecule has 1 saturated heterocycles. The molecule has 2 aliphatic rings. The quantitative estimate of drug-likeness (QED) is 0.892. The van der Waals surface area contributed by atoms with Crippen molar-refractivity contribution in [3.8, 4) is 5.75 Å². The van der Waals surface area contributed by atoms with Gasteiger partial charge in [-0.1, -0.05) is 12.1 Å². The minimum atomic E-state index is -0.0190. The van der Waals surface area contributed by atoms with E-state index in [1.807, 2.05) is 34.1 Å². The van der Waals surface area contributed by atoms with E-state index < -0.39 is 0 Å². The van der Waals surface area contributed by atoms with Gasteiger partial charge < -0.3 is 14.5 Å². The molecule has 3 heterocycles. The summed E-state index contributed by atoms with van der Waals surface area (Å²) in [7, 11) is 1.62. The summed E-state index contributed by atoms with van der Waals surface area (Å²) < 4.78 is 5.16. The van der Waals surface area contributed by atoms with E-state index in [-0.39, 0.29) is 11.8 Å². The predicted molar refractivity (Wildman–Crippen MR) is 99.5 cm³/mol. The van der Waals surface area contributed by atoms with Crippen LogP contribution in [0.4, 0.5) is 0 Å². The third kappa shape index (κ3) is 3.54. The van der Waals surface area contributed by atoms with E-state index >= 15 is 0 Å². The molecule has 27 heavy (non-hydrogen) atoms. The minimum Gasteiger partial charge on any atom is -0.497 e. The van der Waals surface area contributed by atoms with Crippen molar-refractivity contribution in [2.75, 3.05) is 26.7 Å². The number of ether oxygens (including phenoxy) is 1. The molecule has 0 radical (unpaired) electrons.